The topological polar surface area (TPSA) is 91.3 Å². The molecule has 1 fully saturated rings. The van der Waals surface area contributed by atoms with Crippen LogP contribution in [-0.2, 0) is 11.3 Å². The predicted molar refractivity (Wildman–Crippen MR) is 146 cm³/mol. The highest BCUT2D eigenvalue weighted by Gasteiger charge is 2.50. The normalized spacial score (nSPS) is 20.5. The van der Waals surface area contributed by atoms with Gasteiger partial charge in [-0.3, -0.25) is 14.6 Å². The maximum absolute atomic E-state index is 14.1. The van der Waals surface area contributed by atoms with Crippen LogP contribution in [0, 0.1) is 11.6 Å². The lowest BCUT2D eigenvalue weighted by Gasteiger charge is -2.54. The molecule has 2 aliphatic rings. The standard InChI is InChI=1S/C30H30F3N3O5/c1-40-13-10-22-16-30(11-12-35(22)17-19-2-9-25(32)26(33)14-19)34-27-15-20(29(38)39)3-8-24(27)28(37)36(30)21-4-6-23(7-5-21)41-18-31/h2-9,14-15,22,34H,10-13,16-18H2,1H3,(H,38,39). The third-order valence-electron chi connectivity index (χ3n) is 7.74. The lowest BCUT2D eigenvalue weighted by Crippen LogP contribution is -2.66. The van der Waals surface area contributed by atoms with E-state index in [1.807, 2.05) is 0 Å². The number of nitrogens with zero attached hydrogens (tertiary/aromatic N) is 2. The molecule has 3 aromatic carbocycles. The fraction of sp³-hybridized carbons (Fsp3) is 0.333. The molecule has 1 amide bonds. The van der Waals surface area contributed by atoms with Gasteiger partial charge in [0.2, 0.25) is 6.86 Å². The maximum Gasteiger partial charge on any atom is 0.335 e. The zero-order valence-corrected chi connectivity index (χ0v) is 22.4. The van der Waals surface area contributed by atoms with Crippen molar-refractivity contribution < 1.29 is 37.3 Å². The number of piperidine rings is 1. The minimum absolute atomic E-state index is 0.0482. The number of hydrogen-bond donors (Lipinski definition) is 2. The van der Waals surface area contributed by atoms with Crippen molar-refractivity contribution in [3.8, 4) is 5.75 Å². The molecule has 0 radical (unpaired) electrons. The Kier molecular flexibility index (Phi) is 8.18. The van der Waals surface area contributed by atoms with E-state index in [0.717, 1.165) is 6.07 Å². The van der Waals surface area contributed by atoms with Gasteiger partial charge in [0.1, 0.15) is 11.4 Å². The number of amides is 1. The van der Waals surface area contributed by atoms with Gasteiger partial charge in [0, 0.05) is 57.1 Å². The first-order valence-corrected chi connectivity index (χ1v) is 13.2. The summed E-state index contributed by atoms with van der Waals surface area (Å²) in [4.78, 5) is 29.6. The van der Waals surface area contributed by atoms with E-state index in [1.165, 1.54) is 24.3 Å². The molecule has 2 heterocycles. The van der Waals surface area contributed by atoms with E-state index in [-0.39, 0.29) is 17.5 Å². The summed E-state index contributed by atoms with van der Waals surface area (Å²) in [5.74, 6) is -2.93. The average Bonchev–Trinajstić information content (AvgIpc) is 2.96. The Morgan fingerprint density at radius 2 is 1.88 bits per heavy atom. The van der Waals surface area contributed by atoms with Gasteiger partial charge in [-0.2, -0.15) is 0 Å². The number of hydrogen-bond acceptors (Lipinski definition) is 6. The number of likely N-dealkylation sites (tertiary alicyclic amines) is 1. The summed E-state index contributed by atoms with van der Waals surface area (Å²) in [5, 5.41) is 13.1. The number of aromatic carboxylic acids is 1. The Morgan fingerprint density at radius 1 is 1.10 bits per heavy atom. The lowest BCUT2D eigenvalue weighted by atomic mass is 9.83. The van der Waals surface area contributed by atoms with Crippen LogP contribution in [0.1, 0.15) is 45.5 Å². The Bertz CT molecular complexity index is 1440. The molecule has 2 N–H and O–H groups in total. The van der Waals surface area contributed by atoms with E-state index in [9.17, 15) is 27.9 Å². The van der Waals surface area contributed by atoms with Crippen LogP contribution in [0.3, 0.4) is 0 Å². The molecular formula is C30H30F3N3O5. The van der Waals surface area contributed by atoms with Gasteiger partial charge in [0.05, 0.1) is 11.1 Å². The molecule has 216 valence electrons. The van der Waals surface area contributed by atoms with Gasteiger partial charge in [0.25, 0.3) is 5.91 Å². The number of nitrogens with one attached hydrogen (secondary N) is 1. The second-order valence-electron chi connectivity index (χ2n) is 10.2. The molecule has 1 spiro atoms. The van der Waals surface area contributed by atoms with Crippen LogP contribution in [0.5, 0.6) is 5.75 Å². The van der Waals surface area contributed by atoms with E-state index < -0.39 is 30.1 Å². The first-order valence-electron chi connectivity index (χ1n) is 13.2. The number of benzene rings is 3. The van der Waals surface area contributed by atoms with Crippen LogP contribution >= 0.6 is 0 Å². The molecule has 2 aliphatic heterocycles. The molecule has 3 aromatic rings. The van der Waals surface area contributed by atoms with Crippen molar-refractivity contribution >= 4 is 23.3 Å². The fourth-order valence-electron chi connectivity index (χ4n) is 5.78. The number of carbonyl (C=O) groups is 2. The molecule has 8 nitrogen and oxygen atoms in total. The number of ether oxygens (including phenoxy) is 2. The molecular weight excluding hydrogens is 539 g/mol. The number of carboxylic acids is 1. The molecule has 5 rings (SSSR count). The molecule has 0 aliphatic carbocycles. The van der Waals surface area contributed by atoms with Crippen LogP contribution in [0.4, 0.5) is 24.5 Å². The van der Waals surface area contributed by atoms with Gasteiger partial charge in [0.15, 0.2) is 11.6 Å². The van der Waals surface area contributed by atoms with E-state index in [1.54, 1.807) is 42.3 Å². The maximum atomic E-state index is 14.1. The third kappa shape index (κ3) is 5.73. The monoisotopic (exact) mass is 569 g/mol. The van der Waals surface area contributed by atoms with Gasteiger partial charge >= 0.3 is 5.97 Å². The van der Waals surface area contributed by atoms with Crippen molar-refractivity contribution in [1.29, 1.82) is 0 Å². The van der Waals surface area contributed by atoms with Gasteiger partial charge in [-0.1, -0.05) is 6.07 Å². The van der Waals surface area contributed by atoms with E-state index in [2.05, 4.69) is 10.2 Å². The molecule has 41 heavy (non-hydrogen) atoms. The number of rotatable bonds is 9. The number of anilines is 2. The zero-order chi connectivity index (χ0) is 29.1. The minimum Gasteiger partial charge on any atom is -0.478 e. The van der Waals surface area contributed by atoms with Crippen LogP contribution in [0.15, 0.2) is 60.7 Å². The van der Waals surface area contributed by atoms with Gasteiger partial charge in [-0.25, -0.2) is 18.0 Å². The number of fused-ring (bicyclic) bond motifs is 1. The SMILES string of the molecule is COCCC1CC2(CCN1Cc1ccc(F)c(F)c1)Nc1cc(C(=O)O)ccc1C(=O)N2c1ccc(OCF)cc1. The van der Waals surface area contributed by atoms with E-state index >= 15 is 0 Å². The molecule has 1 saturated heterocycles. The highest BCUT2D eigenvalue weighted by atomic mass is 19.2. The number of carbonyl (C=O) groups excluding carboxylic acids is 1. The Morgan fingerprint density at radius 3 is 2.56 bits per heavy atom. The predicted octanol–water partition coefficient (Wildman–Crippen LogP) is 5.44. The third-order valence-corrected chi connectivity index (χ3v) is 7.74. The summed E-state index contributed by atoms with van der Waals surface area (Å²) < 4.78 is 50.6. The molecule has 2 unspecified atom stereocenters. The summed E-state index contributed by atoms with van der Waals surface area (Å²) in [6.45, 7) is 0.297. The molecule has 0 aromatic heterocycles. The van der Waals surface area contributed by atoms with Crippen molar-refractivity contribution in [2.45, 2.75) is 37.5 Å². The minimum atomic E-state index is -1.11. The summed E-state index contributed by atoms with van der Waals surface area (Å²) >= 11 is 0. The second-order valence-corrected chi connectivity index (χ2v) is 10.2. The molecule has 0 saturated carbocycles. The molecule has 11 heteroatoms. The molecule has 2 atom stereocenters. The van der Waals surface area contributed by atoms with Crippen molar-refractivity contribution in [2.24, 2.45) is 0 Å². The largest absolute Gasteiger partial charge is 0.478 e. The molecule has 0 bridgehead atoms. The highest BCUT2D eigenvalue weighted by Crippen LogP contribution is 2.43. The van der Waals surface area contributed by atoms with Crippen molar-refractivity contribution in [2.75, 3.05) is 37.3 Å². The number of alkyl halides is 1. The van der Waals surface area contributed by atoms with Gasteiger partial charge < -0.3 is 19.9 Å². The summed E-state index contributed by atoms with van der Waals surface area (Å²) in [6.07, 6.45) is 1.45. The fourth-order valence-corrected chi connectivity index (χ4v) is 5.78. The quantitative estimate of drug-likeness (QED) is 0.355. The Labute approximate surface area is 235 Å². The van der Waals surface area contributed by atoms with Crippen molar-refractivity contribution in [3.63, 3.8) is 0 Å². The van der Waals surface area contributed by atoms with Crippen LogP contribution < -0.4 is 15.0 Å². The van der Waals surface area contributed by atoms with E-state index in [4.69, 9.17) is 9.47 Å². The van der Waals surface area contributed by atoms with Crippen molar-refractivity contribution in [3.05, 3.63) is 89.0 Å². The van der Waals surface area contributed by atoms with Crippen LogP contribution in [0.2, 0.25) is 0 Å². The van der Waals surface area contributed by atoms with Gasteiger partial charge in [-0.15, -0.1) is 0 Å². The highest BCUT2D eigenvalue weighted by molar-refractivity contribution is 6.13. The van der Waals surface area contributed by atoms with E-state index in [0.29, 0.717) is 67.2 Å². The first-order chi connectivity index (χ1) is 19.7. The van der Waals surface area contributed by atoms with Crippen LogP contribution in [0.25, 0.3) is 0 Å². The Balaban J connectivity index is 1.54. The summed E-state index contributed by atoms with van der Waals surface area (Å²) in [5.41, 5.74) is 1.01. The average molecular weight is 570 g/mol. The first kappa shape index (κ1) is 28.4. The number of methoxy groups -OCH3 is 1. The summed E-state index contributed by atoms with van der Waals surface area (Å²) in [6, 6.07) is 14.6. The number of carboxylic acid groups (broad SMARTS) is 1. The smallest absolute Gasteiger partial charge is 0.335 e. The lowest BCUT2D eigenvalue weighted by molar-refractivity contribution is 0.0606. The zero-order valence-electron chi connectivity index (χ0n) is 22.4. The second kappa shape index (κ2) is 11.8. The number of halogens is 3. The van der Waals surface area contributed by atoms with Gasteiger partial charge in [-0.05, 0) is 66.6 Å². The van der Waals surface area contributed by atoms with Crippen LogP contribution in [-0.4, -0.2) is 60.7 Å². The summed E-state index contributed by atoms with van der Waals surface area (Å²) in [7, 11) is 1.59. The Hall–Kier alpha value is -4.09. The van der Waals surface area contributed by atoms with Crippen molar-refractivity contribution in [1.82, 2.24) is 4.90 Å².